The van der Waals surface area contributed by atoms with Crippen molar-refractivity contribution in [2.24, 2.45) is 0 Å². The molecule has 0 radical (unpaired) electrons. The van der Waals surface area contributed by atoms with Crippen molar-refractivity contribution in [3.05, 3.63) is 64.2 Å². The summed E-state index contributed by atoms with van der Waals surface area (Å²) in [5, 5.41) is 0. The maximum atomic E-state index is 5.40. The fraction of sp³-hybridized carbons (Fsp3) is 0.455. The lowest BCUT2D eigenvalue weighted by molar-refractivity contribution is 0.411. The summed E-state index contributed by atoms with van der Waals surface area (Å²) in [5.74, 6) is 0.989. The Bertz CT molecular complexity index is 611. The molecule has 0 N–H and O–H groups in total. The summed E-state index contributed by atoms with van der Waals surface area (Å²) in [6, 6.07) is 13.5. The number of hydrogen-bond acceptors (Lipinski definition) is 1. The highest BCUT2D eigenvalue weighted by Crippen LogP contribution is 2.25. The van der Waals surface area contributed by atoms with E-state index in [1.807, 2.05) is 0 Å². The Hall–Kier alpha value is -1.76. The van der Waals surface area contributed by atoms with Gasteiger partial charge in [-0.1, -0.05) is 50.1 Å². The average Bonchev–Trinajstić information content (AvgIpc) is 2.58. The number of methoxy groups -OCH3 is 1. The second kappa shape index (κ2) is 8.76. The highest BCUT2D eigenvalue weighted by Gasteiger charge is 2.07. The van der Waals surface area contributed by atoms with Gasteiger partial charge in [0.1, 0.15) is 5.75 Å². The van der Waals surface area contributed by atoms with Crippen LogP contribution in [0.5, 0.6) is 5.75 Å². The predicted molar refractivity (Wildman–Crippen MR) is 99.5 cm³/mol. The Morgan fingerprint density at radius 2 is 1.39 bits per heavy atom. The Balaban J connectivity index is 1.94. The molecule has 2 aromatic carbocycles. The quantitative estimate of drug-likeness (QED) is 0.557. The van der Waals surface area contributed by atoms with Gasteiger partial charge < -0.3 is 4.74 Å². The van der Waals surface area contributed by atoms with Crippen LogP contribution in [-0.4, -0.2) is 7.11 Å². The molecule has 0 heterocycles. The van der Waals surface area contributed by atoms with Crippen molar-refractivity contribution in [2.45, 2.75) is 59.3 Å². The molecular weight excluding hydrogens is 280 g/mol. The van der Waals surface area contributed by atoms with Crippen LogP contribution >= 0.6 is 0 Å². The fourth-order valence-electron chi connectivity index (χ4n) is 3.07. The van der Waals surface area contributed by atoms with Crippen LogP contribution in [0.3, 0.4) is 0 Å². The number of rotatable bonds is 8. The van der Waals surface area contributed by atoms with Crippen molar-refractivity contribution < 1.29 is 4.74 Å². The lowest BCUT2D eigenvalue weighted by Gasteiger charge is -2.12. The Morgan fingerprint density at radius 3 is 2.00 bits per heavy atom. The fourth-order valence-corrected chi connectivity index (χ4v) is 3.07. The molecule has 2 aromatic rings. The van der Waals surface area contributed by atoms with Crippen LogP contribution in [0.2, 0.25) is 0 Å². The molecule has 0 fully saturated rings. The van der Waals surface area contributed by atoms with Gasteiger partial charge in [-0.2, -0.15) is 0 Å². The monoisotopic (exact) mass is 310 g/mol. The molecular formula is C22H30O. The van der Waals surface area contributed by atoms with Crippen LogP contribution in [0.15, 0.2) is 36.4 Å². The highest BCUT2D eigenvalue weighted by molar-refractivity contribution is 5.43. The lowest BCUT2D eigenvalue weighted by Crippen LogP contribution is -1.98. The minimum absolute atomic E-state index is 0.989. The molecule has 0 aromatic heterocycles. The molecule has 23 heavy (non-hydrogen) atoms. The molecule has 1 heteroatoms. The third-order valence-corrected chi connectivity index (χ3v) is 4.84. The predicted octanol–water partition coefficient (Wildman–Crippen LogP) is 5.83. The minimum Gasteiger partial charge on any atom is -0.496 e. The standard InChI is InChI=1S/C22H30O/c1-5-6-7-8-19-9-11-20(12-10-19)13-14-21-15-16-22(23-4)18(3)17(21)2/h9-12,15-16H,5-8,13-14H2,1-4H3. The van der Waals surface area contributed by atoms with E-state index in [1.165, 1.54) is 53.5 Å². The third kappa shape index (κ3) is 4.86. The molecule has 0 atom stereocenters. The summed E-state index contributed by atoms with van der Waals surface area (Å²) >= 11 is 0. The lowest BCUT2D eigenvalue weighted by atomic mass is 9.96. The van der Waals surface area contributed by atoms with Gasteiger partial charge in [-0.15, -0.1) is 0 Å². The zero-order valence-electron chi connectivity index (χ0n) is 15.1. The zero-order valence-corrected chi connectivity index (χ0v) is 15.1. The Labute approximate surface area is 141 Å². The van der Waals surface area contributed by atoms with Gasteiger partial charge in [0.2, 0.25) is 0 Å². The largest absolute Gasteiger partial charge is 0.496 e. The molecule has 124 valence electrons. The second-order valence-corrected chi connectivity index (χ2v) is 6.45. The summed E-state index contributed by atoms with van der Waals surface area (Å²) in [6.07, 6.45) is 7.33. The Kier molecular flexibility index (Phi) is 6.70. The number of unbranched alkanes of at least 4 members (excludes halogenated alkanes) is 2. The Morgan fingerprint density at radius 1 is 0.739 bits per heavy atom. The first kappa shape index (κ1) is 17.6. The normalized spacial score (nSPS) is 10.8. The molecule has 0 aliphatic carbocycles. The van der Waals surface area contributed by atoms with Crippen LogP contribution < -0.4 is 4.74 Å². The van der Waals surface area contributed by atoms with Crippen molar-refractivity contribution in [1.29, 1.82) is 0 Å². The summed E-state index contributed by atoms with van der Waals surface area (Å²) in [5.41, 5.74) is 6.95. The molecule has 0 unspecified atom stereocenters. The van der Waals surface area contributed by atoms with Crippen LogP contribution in [0.25, 0.3) is 0 Å². The second-order valence-electron chi connectivity index (χ2n) is 6.45. The van der Waals surface area contributed by atoms with Crippen molar-refractivity contribution in [1.82, 2.24) is 0 Å². The maximum absolute atomic E-state index is 5.40. The van der Waals surface area contributed by atoms with Gasteiger partial charge >= 0.3 is 0 Å². The van der Waals surface area contributed by atoms with Crippen LogP contribution in [0.1, 0.15) is 54.0 Å². The maximum Gasteiger partial charge on any atom is 0.122 e. The van der Waals surface area contributed by atoms with Gasteiger partial charge in [-0.25, -0.2) is 0 Å². The molecule has 2 rings (SSSR count). The van der Waals surface area contributed by atoms with Gasteiger partial charge in [-0.3, -0.25) is 0 Å². The van der Waals surface area contributed by atoms with Crippen molar-refractivity contribution in [3.63, 3.8) is 0 Å². The highest BCUT2D eigenvalue weighted by atomic mass is 16.5. The molecule has 0 spiro atoms. The van der Waals surface area contributed by atoms with Gasteiger partial charge in [0.25, 0.3) is 0 Å². The molecule has 0 saturated carbocycles. The summed E-state index contributed by atoms with van der Waals surface area (Å²) in [7, 11) is 1.74. The van der Waals surface area contributed by atoms with E-state index >= 15 is 0 Å². The van der Waals surface area contributed by atoms with E-state index in [1.54, 1.807) is 7.11 Å². The molecule has 0 bridgehead atoms. The summed E-state index contributed by atoms with van der Waals surface area (Å²) in [6.45, 7) is 6.60. The smallest absolute Gasteiger partial charge is 0.122 e. The molecule has 1 nitrogen and oxygen atoms in total. The molecule has 0 saturated heterocycles. The van der Waals surface area contributed by atoms with Gasteiger partial charge in [-0.05, 0) is 73.4 Å². The summed E-state index contributed by atoms with van der Waals surface area (Å²) < 4.78 is 5.40. The molecule has 0 amide bonds. The number of hydrogen-bond donors (Lipinski definition) is 0. The van der Waals surface area contributed by atoms with E-state index in [9.17, 15) is 0 Å². The van der Waals surface area contributed by atoms with E-state index in [0.717, 1.165) is 18.6 Å². The van der Waals surface area contributed by atoms with E-state index < -0.39 is 0 Å². The van der Waals surface area contributed by atoms with E-state index in [4.69, 9.17) is 4.74 Å². The van der Waals surface area contributed by atoms with Crippen LogP contribution in [0.4, 0.5) is 0 Å². The minimum atomic E-state index is 0.989. The first-order valence-corrected chi connectivity index (χ1v) is 8.86. The van der Waals surface area contributed by atoms with E-state index in [0.29, 0.717) is 0 Å². The van der Waals surface area contributed by atoms with Crippen LogP contribution in [-0.2, 0) is 19.3 Å². The SMILES string of the molecule is CCCCCc1ccc(CCc2ccc(OC)c(C)c2C)cc1. The van der Waals surface area contributed by atoms with Crippen molar-refractivity contribution in [2.75, 3.05) is 7.11 Å². The van der Waals surface area contributed by atoms with Crippen LogP contribution in [0, 0.1) is 13.8 Å². The zero-order chi connectivity index (χ0) is 16.7. The number of aryl methyl sites for hydroxylation is 3. The van der Waals surface area contributed by atoms with Gasteiger partial charge in [0.15, 0.2) is 0 Å². The van der Waals surface area contributed by atoms with E-state index in [-0.39, 0.29) is 0 Å². The molecule has 0 aliphatic rings. The average molecular weight is 310 g/mol. The third-order valence-electron chi connectivity index (χ3n) is 4.84. The number of ether oxygens (including phenoxy) is 1. The topological polar surface area (TPSA) is 9.23 Å². The summed E-state index contributed by atoms with van der Waals surface area (Å²) in [4.78, 5) is 0. The van der Waals surface area contributed by atoms with E-state index in [2.05, 4.69) is 57.2 Å². The first-order valence-electron chi connectivity index (χ1n) is 8.86. The van der Waals surface area contributed by atoms with Crippen molar-refractivity contribution >= 4 is 0 Å². The van der Waals surface area contributed by atoms with Crippen molar-refractivity contribution in [3.8, 4) is 5.75 Å². The first-order chi connectivity index (χ1) is 11.2. The van der Waals surface area contributed by atoms with Gasteiger partial charge in [0.05, 0.1) is 7.11 Å². The number of benzene rings is 2. The van der Waals surface area contributed by atoms with Gasteiger partial charge in [0, 0.05) is 0 Å². The molecule has 0 aliphatic heterocycles.